The molecule has 0 aliphatic heterocycles. The molecule has 224 valence electrons. The maximum atomic E-state index is 13.1. The van der Waals surface area contributed by atoms with E-state index in [1.54, 1.807) is 52.1 Å². The van der Waals surface area contributed by atoms with Gasteiger partial charge in [-0.05, 0) is 81.8 Å². The minimum Gasteiger partial charge on any atom is -0.497 e. The van der Waals surface area contributed by atoms with Gasteiger partial charge in [0.1, 0.15) is 47.5 Å². The number of esters is 1. The molecule has 0 spiro atoms. The lowest BCUT2D eigenvalue weighted by molar-refractivity contribution is -0.155. The van der Waals surface area contributed by atoms with E-state index in [1.165, 1.54) is 4.90 Å². The predicted octanol–water partition coefficient (Wildman–Crippen LogP) is 7.70. The molecule has 0 unspecified atom stereocenters. The molecule has 0 saturated heterocycles. The number of carbonyl (C=O) groups excluding carboxylic acids is 2. The van der Waals surface area contributed by atoms with Gasteiger partial charge in [-0.3, -0.25) is 9.69 Å². The Morgan fingerprint density at radius 1 is 0.884 bits per heavy atom. The van der Waals surface area contributed by atoms with E-state index in [0.29, 0.717) is 23.9 Å². The van der Waals surface area contributed by atoms with E-state index in [9.17, 15) is 9.59 Å². The fourth-order valence-corrected chi connectivity index (χ4v) is 4.16. The maximum Gasteiger partial charge on any atom is 0.416 e. The zero-order chi connectivity index (χ0) is 30.8. The first-order valence-electron chi connectivity index (χ1n) is 14.0. The zero-order valence-corrected chi connectivity index (χ0v) is 25.2. The molecule has 1 heterocycles. The summed E-state index contributed by atoms with van der Waals surface area (Å²) < 4.78 is 27.9. The molecule has 4 rings (SSSR count). The van der Waals surface area contributed by atoms with Crippen LogP contribution in [0.15, 0.2) is 95.4 Å². The van der Waals surface area contributed by atoms with Gasteiger partial charge in [0.25, 0.3) is 0 Å². The van der Waals surface area contributed by atoms with Gasteiger partial charge in [0.15, 0.2) is 0 Å². The van der Waals surface area contributed by atoms with E-state index in [2.05, 4.69) is 0 Å². The molecule has 0 atom stereocenters. The third-order valence-electron chi connectivity index (χ3n) is 6.22. The highest BCUT2D eigenvalue weighted by Gasteiger charge is 2.24. The van der Waals surface area contributed by atoms with E-state index in [1.807, 2.05) is 79.7 Å². The van der Waals surface area contributed by atoms with Gasteiger partial charge in [-0.2, -0.15) is 0 Å². The molecule has 0 aliphatic carbocycles. The number of nitrogens with zero attached hydrogens (tertiary/aromatic N) is 1. The van der Waals surface area contributed by atoms with E-state index >= 15 is 0 Å². The number of benzene rings is 3. The molecule has 8 nitrogen and oxygen atoms in total. The average molecular weight is 584 g/mol. The number of aryl methyl sites for hydroxylation is 1. The maximum absolute atomic E-state index is 13.1. The number of hydrogen-bond acceptors (Lipinski definition) is 7. The quantitative estimate of drug-likeness (QED) is 0.167. The summed E-state index contributed by atoms with van der Waals surface area (Å²) in [5.74, 6) is 2.76. The standard InChI is InChI=1S/C35H37NO7/c1-25-28(22-32(41-25)27-10-7-6-8-11-27)12-9-21-40-30-15-13-26(14-16-30)23-36(24-33(37)43-35(2,3)4)34(38)42-31-19-17-29(39-5)18-20-31/h6-20,22H,21,23-24H2,1-5H3. The van der Waals surface area contributed by atoms with Crippen molar-refractivity contribution in [2.45, 2.75) is 39.8 Å². The van der Waals surface area contributed by atoms with Crippen LogP contribution in [0.5, 0.6) is 17.2 Å². The summed E-state index contributed by atoms with van der Waals surface area (Å²) >= 11 is 0. The van der Waals surface area contributed by atoms with Gasteiger partial charge < -0.3 is 23.4 Å². The van der Waals surface area contributed by atoms with Crippen LogP contribution in [0.1, 0.15) is 37.7 Å². The third-order valence-corrected chi connectivity index (χ3v) is 6.22. The van der Waals surface area contributed by atoms with Gasteiger partial charge in [-0.15, -0.1) is 0 Å². The van der Waals surface area contributed by atoms with Gasteiger partial charge in [-0.1, -0.05) is 48.5 Å². The second-order valence-electron chi connectivity index (χ2n) is 10.8. The fourth-order valence-electron chi connectivity index (χ4n) is 4.16. The number of methoxy groups -OCH3 is 1. The van der Waals surface area contributed by atoms with Crippen LogP contribution in [-0.2, 0) is 16.1 Å². The lowest BCUT2D eigenvalue weighted by Crippen LogP contribution is -2.39. The van der Waals surface area contributed by atoms with Gasteiger partial charge in [0.05, 0.1) is 7.11 Å². The topological polar surface area (TPSA) is 87.4 Å². The summed E-state index contributed by atoms with van der Waals surface area (Å²) in [5, 5.41) is 0. The van der Waals surface area contributed by atoms with Gasteiger partial charge in [0.2, 0.25) is 0 Å². The number of furan rings is 1. The summed E-state index contributed by atoms with van der Waals surface area (Å²) in [7, 11) is 1.56. The first kappa shape index (κ1) is 31.0. The van der Waals surface area contributed by atoms with Crippen molar-refractivity contribution in [3.05, 3.63) is 108 Å². The van der Waals surface area contributed by atoms with Crippen LogP contribution in [0, 0.1) is 6.92 Å². The second kappa shape index (κ2) is 14.3. The Kier molecular flexibility index (Phi) is 10.3. The molecule has 0 saturated carbocycles. The van der Waals surface area contributed by atoms with E-state index in [4.69, 9.17) is 23.4 Å². The van der Waals surface area contributed by atoms with Crippen LogP contribution < -0.4 is 14.2 Å². The molecule has 0 N–H and O–H groups in total. The predicted molar refractivity (Wildman–Crippen MR) is 165 cm³/mol. The highest BCUT2D eigenvalue weighted by Crippen LogP contribution is 2.26. The summed E-state index contributed by atoms with van der Waals surface area (Å²) in [4.78, 5) is 26.9. The highest BCUT2D eigenvalue weighted by molar-refractivity contribution is 5.79. The number of amides is 1. The largest absolute Gasteiger partial charge is 0.497 e. The fraction of sp³-hybridized carbons (Fsp3) is 0.257. The molecule has 0 fully saturated rings. The number of carbonyl (C=O) groups is 2. The summed E-state index contributed by atoms with van der Waals surface area (Å²) in [6.07, 6.45) is 3.23. The minimum atomic E-state index is -0.684. The third kappa shape index (κ3) is 9.53. The van der Waals surface area contributed by atoms with Crippen molar-refractivity contribution in [1.29, 1.82) is 0 Å². The lowest BCUT2D eigenvalue weighted by Gasteiger charge is -2.25. The smallest absolute Gasteiger partial charge is 0.416 e. The number of rotatable bonds is 11. The molecular formula is C35H37NO7. The van der Waals surface area contributed by atoms with Crippen molar-refractivity contribution in [3.8, 4) is 28.6 Å². The Morgan fingerprint density at radius 2 is 1.53 bits per heavy atom. The van der Waals surface area contributed by atoms with E-state index < -0.39 is 17.7 Å². The summed E-state index contributed by atoms with van der Waals surface area (Å²) in [6, 6.07) is 25.9. The van der Waals surface area contributed by atoms with Crippen LogP contribution in [-0.4, -0.2) is 42.8 Å². The summed E-state index contributed by atoms with van der Waals surface area (Å²) in [6.45, 7) is 7.49. The Morgan fingerprint density at radius 3 is 2.19 bits per heavy atom. The molecule has 0 aliphatic rings. The SMILES string of the molecule is COc1ccc(OC(=O)N(CC(=O)OC(C)(C)C)Cc2ccc(OCC=Cc3cc(-c4ccccc4)oc3C)cc2)cc1. The van der Waals surface area contributed by atoms with Crippen molar-refractivity contribution in [3.63, 3.8) is 0 Å². The van der Waals surface area contributed by atoms with Gasteiger partial charge >= 0.3 is 12.1 Å². The van der Waals surface area contributed by atoms with Crippen molar-refractivity contribution >= 4 is 18.1 Å². The van der Waals surface area contributed by atoms with Crippen molar-refractivity contribution in [2.75, 3.05) is 20.3 Å². The molecule has 0 radical (unpaired) electrons. The Balaban J connectivity index is 1.36. The molecule has 1 aromatic heterocycles. The Hall–Kier alpha value is -4.98. The molecule has 3 aromatic carbocycles. The van der Waals surface area contributed by atoms with Crippen molar-refractivity contribution in [1.82, 2.24) is 4.90 Å². The second-order valence-corrected chi connectivity index (χ2v) is 10.8. The summed E-state index contributed by atoms with van der Waals surface area (Å²) in [5.41, 5.74) is 2.13. The lowest BCUT2D eigenvalue weighted by atomic mass is 10.1. The molecule has 1 amide bonds. The minimum absolute atomic E-state index is 0.137. The molecule has 0 bridgehead atoms. The molecule has 8 heteroatoms. The van der Waals surface area contributed by atoms with Crippen LogP contribution in [0.2, 0.25) is 0 Å². The van der Waals surface area contributed by atoms with Crippen LogP contribution in [0.4, 0.5) is 4.79 Å². The average Bonchev–Trinajstić information content (AvgIpc) is 3.35. The molecular weight excluding hydrogens is 546 g/mol. The number of ether oxygens (including phenoxy) is 4. The molecule has 4 aromatic rings. The number of hydrogen-bond donors (Lipinski definition) is 0. The normalized spacial score (nSPS) is 11.3. The van der Waals surface area contributed by atoms with Crippen molar-refractivity contribution < 1.29 is 33.0 Å². The first-order valence-corrected chi connectivity index (χ1v) is 14.0. The zero-order valence-electron chi connectivity index (χ0n) is 25.2. The van der Waals surface area contributed by atoms with Crippen LogP contribution in [0.3, 0.4) is 0 Å². The van der Waals surface area contributed by atoms with Gasteiger partial charge in [0, 0.05) is 17.7 Å². The van der Waals surface area contributed by atoms with E-state index in [-0.39, 0.29) is 13.1 Å². The Bertz CT molecular complexity index is 1520. The highest BCUT2D eigenvalue weighted by atomic mass is 16.6. The van der Waals surface area contributed by atoms with Crippen LogP contribution in [0.25, 0.3) is 17.4 Å². The van der Waals surface area contributed by atoms with E-state index in [0.717, 1.165) is 28.2 Å². The first-order chi connectivity index (χ1) is 20.6. The van der Waals surface area contributed by atoms with Crippen LogP contribution >= 0.6 is 0 Å². The molecule has 43 heavy (non-hydrogen) atoms. The monoisotopic (exact) mass is 583 g/mol. The van der Waals surface area contributed by atoms with Gasteiger partial charge in [-0.25, -0.2) is 4.79 Å². The van der Waals surface area contributed by atoms with Crippen molar-refractivity contribution in [2.24, 2.45) is 0 Å². The Labute approximate surface area is 252 Å².